The van der Waals surface area contributed by atoms with Crippen LogP contribution in [0.2, 0.25) is 5.02 Å². The maximum absolute atomic E-state index is 13.2. The van der Waals surface area contributed by atoms with E-state index in [9.17, 15) is 23.3 Å². The number of methoxy groups -OCH3 is 1. The minimum absolute atomic E-state index is 0.00684. The van der Waals surface area contributed by atoms with Crippen LogP contribution in [0.25, 0.3) is 0 Å². The molecule has 0 aliphatic carbocycles. The Bertz CT molecular complexity index is 1330. The van der Waals surface area contributed by atoms with Gasteiger partial charge < -0.3 is 4.74 Å². The number of nitro groups is 1. The second-order valence-electron chi connectivity index (χ2n) is 6.78. The lowest BCUT2D eigenvalue weighted by molar-refractivity contribution is -0.384. The zero-order chi connectivity index (χ0) is 24.7. The monoisotopic (exact) mass is 502 g/mol. The lowest BCUT2D eigenvalue weighted by Crippen LogP contribution is -2.39. The van der Waals surface area contributed by atoms with Gasteiger partial charge in [-0.1, -0.05) is 35.9 Å². The van der Waals surface area contributed by atoms with Gasteiger partial charge in [-0.15, -0.1) is 0 Å². The van der Waals surface area contributed by atoms with Gasteiger partial charge in [-0.25, -0.2) is 13.8 Å². The van der Waals surface area contributed by atoms with Gasteiger partial charge in [-0.05, 0) is 36.4 Å². The third-order valence-electron chi connectivity index (χ3n) is 4.53. The highest BCUT2D eigenvalue weighted by Crippen LogP contribution is 2.26. The summed E-state index contributed by atoms with van der Waals surface area (Å²) in [6.45, 7) is -0.596. The first-order valence-electron chi connectivity index (χ1n) is 9.70. The van der Waals surface area contributed by atoms with Gasteiger partial charge in [0.25, 0.3) is 21.6 Å². The number of hydrogen-bond acceptors (Lipinski definition) is 7. The fourth-order valence-corrected chi connectivity index (χ4v) is 4.56. The predicted octanol–water partition coefficient (Wildman–Crippen LogP) is 3.60. The van der Waals surface area contributed by atoms with E-state index < -0.39 is 27.4 Å². The van der Waals surface area contributed by atoms with Crippen molar-refractivity contribution >= 4 is 45.1 Å². The molecule has 3 aromatic rings. The normalized spacial score (nSPS) is 11.2. The molecule has 0 saturated carbocycles. The summed E-state index contributed by atoms with van der Waals surface area (Å²) < 4.78 is 32.5. The Morgan fingerprint density at radius 1 is 1.15 bits per heavy atom. The summed E-state index contributed by atoms with van der Waals surface area (Å²) >= 11 is 6.03. The zero-order valence-electron chi connectivity index (χ0n) is 17.8. The molecule has 176 valence electrons. The van der Waals surface area contributed by atoms with Crippen LogP contribution in [0.3, 0.4) is 0 Å². The maximum Gasteiger partial charge on any atom is 0.270 e. The van der Waals surface area contributed by atoms with Crippen molar-refractivity contribution in [3.8, 4) is 5.75 Å². The first-order chi connectivity index (χ1) is 16.2. The van der Waals surface area contributed by atoms with E-state index in [0.717, 1.165) is 4.31 Å². The molecule has 34 heavy (non-hydrogen) atoms. The second kappa shape index (κ2) is 10.8. The Balaban J connectivity index is 1.85. The number of carbonyl (C=O) groups is 1. The Hall–Kier alpha value is -3.96. The van der Waals surface area contributed by atoms with Crippen molar-refractivity contribution in [2.75, 3.05) is 18.0 Å². The standard InChI is InChI=1S/C22H19ClN4O6S/c1-33-21-11-10-19(27(29)30)12-16(21)14-24-25-22(28)15-26(18-7-5-6-17(23)13-18)34(31,32)20-8-3-2-4-9-20/h2-14H,15H2,1H3,(H,25,28)/b24-14-. The molecular formula is C22H19ClN4O6S. The number of rotatable bonds is 9. The van der Waals surface area contributed by atoms with Crippen molar-refractivity contribution in [3.05, 3.63) is 93.5 Å². The molecule has 0 aliphatic heterocycles. The lowest BCUT2D eigenvalue weighted by Gasteiger charge is -2.23. The van der Waals surface area contributed by atoms with Crippen molar-refractivity contribution in [2.45, 2.75) is 4.90 Å². The number of hydrazone groups is 1. The van der Waals surface area contributed by atoms with E-state index in [4.69, 9.17) is 16.3 Å². The highest BCUT2D eigenvalue weighted by Gasteiger charge is 2.27. The number of carbonyl (C=O) groups excluding carboxylic acids is 1. The number of hydrogen-bond donors (Lipinski definition) is 1. The summed E-state index contributed by atoms with van der Waals surface area (Å²) in [4.78, 5) is 23.0. The van der Waals surface area contributed by atoms with E-state index in [1.807, 2.05) is 0 Å². The molecule has 0 bridgehead atoms. The molecule has 1 N–H and O–H groups in total. The molecule has 0 spiro atoms. The largest absolute Gasteiger partial charge is 0.496 e. The molecule has 0 aliphatic rings. The molecule has 3 aromatic carbocycles. The van der Waals surface area contributed by atoms with Crippen LogP contribution in [0, 0.1) is 10.1 Å². The Labute approximate surface area is 200 Å². The van der Waals surface area contributed by atoms with Crippen LogP contribution >= 0.6 is 11.6 Å². The van der Waals surface area contributed by atoms with E-state index in [1.165, 1.54) is 55.8 Å². The van der Waals surface area contributed by atoms with Crippen molar-refractivity contribution in [1.29, 1.82) is 0 Å². The number of amides is 1. The van der Waals surface area contributed by atoms with Crippen molar-refractivity contribution < 1.29 is 22.9 Å². The second-order valence-corrected chi connectivity index (χ2v) is 9.08. The fraction of sp³-hybridized carbons (Fsp3) is 0.0909. The number of nitrogens with zero attached hydrogens (tertiary/aromatic N) is 3. The maximum atomic E-state index is 13.2. The molecule has 0 saturated heterocycles. The molecule has 3 rings (SSSR count). The van der Waals surface area contributed by atoms with Crippen LogP contribution < -0.4 is 14.5 Å². The molecule has 1 amide bonds. The molecule has 0 atom stereocenters. The summed E-state index contributed by atoms with van der Waals surface area (Å²) in [6, 6.07) is 17.6. The van der Waals surface area contributed by atoms with Crippen LogP contribution in [-0.2, 0) is 14.8 Å². The predicted molar refractivity (Wildman–Crippen MR) is 128 cm³/mol. The average molecular weight is 503 g/mol. The molecule has 12 heteroatoms. The van der Waals surface area contributed by atoms with Gasteiger partial charge in [0.05, 0.1) is 28.8 Å². The van der Waals surface area contributed by atoms with Gasteiger partial charge in [0.2, 0.25) is 0 Å². The Kier molecular flexibility index (Phi) is 7.82. The number of benzene rings is 3. The Morgan fingerprint density at radius 2 is 1.88 bits per heavy atom. The first-order valence-corrected chi connectivity index (χ1v) is 11.5. The van der Waals surface area contributed by atoms with Crippen LogP contribution in [0.15, 0.2) is 82.8 Å². The molecule has 10 nitrogen and oxygen atoms in total. The SMILES string of the molecule is COc1ccc([N+](=O)[O-])cc1/C=N\NC(=O)CN(c1cccc(Cl)c1)S(=O)(=O)c1ccccc1. The number of anilines is 1. The zero-order valence-corrected chi connectivity index (χ0v) is 19.4. The summed E-state index contributed by atoms with van der Waals surface area (Å²) in [6.07, 6.45) is 1.17. The minimum atomic E-state index is -4.10. The number of halogens is 1. The van der Waals surface area contributed by atoms with E-state index >= 15 is 0 Å². The first kappa shape index (κ1) is 24.7. The number of non-ortho nitro benzene ring substituents is 1. The van der Waals surface area contributed by atoms with E-state index in [2.05, 4.69) is 10.5 Å². The smallest absolute Gasteiger partial charge is 0.270 e. The van der Waals surface area contributed by atoms with Gasteiger partial charge >= 0.3 is 0 Å². The minimum Gasteiger partial charge on any atom is -0.496 e. The van der Waals surface area contributed by atoms with Gasteiger partial charge in [0.1, 0.15) is 12.3 Å². The van der Waals surface area contributed by atoms with Gasteiger partial charge in [-0.3, -0.25) is 19.2 Å². The van der Waals surface area contributed by atoms with Crippen LogP contribution in [0.4, 0.5) is 11.4 Å². The third-order valence-corrected chi connectivity index (χ3v) is 6.55. The molecule has 0 unspecified atom stereocenters. The summed E-state index contributed by atoms with van der Waals surface area (Å²) in [5, 5.41) is 15.1. The van der Waals surface area contributed by atoms with Crippen LogP contribution in [0.1, 0.15) is 5.56 Å². The van der Waals surface area contributed by atoms with Crippen LogP contribution in [0.5, 0.6) is 5.75 Å². The van der Waals surface area contributed by atoms with Crippen molar-refractivity contribution in [3.63, 3.8) is 0 Å². The lowest BCUT2D eigenvalue weighted by atomic mass is 10.2. The van der Waals surface area contributed by atoms with Gasteiger partial charge in [0.15, 0.2) is 0 Å². The average Bonchev–Trinajstić information content (AvgIpc) is 2.82. The third kappa shape index (κ3) is 5.88. The molecule has 0 fully saturated rings. The van der Waals surface area contributed by atoms with Gasteiger partial charge in [0, 0.05) is 22.7 Å². The topological polar surface area (TPSA) is 131 Å². The summed E-state index contributed by atoms with van der Waals surface area (Å²) in [7, 11) is -2.72. The highest BCUT2D eigenvalue weighted by atomic mass is 35.5. The molecule has 0 aromatic heterocycles. The van der Waals surface area contributed by atoms with Crippen LogP contribution in [-0.4, -0.2) is 39.1 Å². The van der Waals surface area contributed by atoms with Crippen molar-refractivity contribution in [2.24, 2.45) is 5.10 Å². The Morgan fingerprint density at radius 3 is 2.53 bits per heavy atom. The molecule has 0 radical (unpaired) electrons. The van der Waals surface area contributed by atoms with E-state index in [1.54, 1.807) is 30.3 Å². The number of nitro benzene ring substituents is 1. The number of sulfonamides is 1. The molecule has 0 heterocycles. The number of ether oxygens (including phenoxy) is 1. The van der Waals surface area contributed by atoms with E-state index in [-0.39, 0.29) is 21.8 Å². The number of nitrogens with one attached hydrogen (secondary N) is 1. The molecular weight excluding hydrogens is 484 g/mol. The highest BCUT2D eigenvalue weighted by molar-refractivity contribution is 7.92. The van der Waals surface area contributed by atoms with Gasteiger partial charge in [-0.2, -0.15) is 5.10 Å². The summed E-state index contributed by atoms with van der Waals surface area (Å²) in [5.41, 5.74) is 2.49. The summed E-state index contributed by atoms with van der Waals surface area (Å²) in [5.74, 6) is -0.448. The van der Waals surface area contributed by atoms with E-state index in [0.29, 0.717) is 10.8 Å². The van der Waals surface area contributed by atoms with Crippen molar-refractivity contribution in [1.82, 2.24) is 5.43 Å². The fourth-order valence-electron chi connectivity index (χ4n) is 2.94. The quantitative estimate of drug-likeness (QED) is 0.270.